The molecule has 0 aromatic heterocycles. The van der Waals surface area contributed by atoms with Crippen LogP contribution in [-0.4, -0.2) is 23.9 Å². The molecule has 0 spiro atoms. The topological polar surface area (TPSA) is 20.3 Å². The fourth-order valence-corrected chi connectivity index (χ4v) is 3.49. The minimum Gasteiger partial charge on any atom is -0.342 e. The fourth-order valence-electron chi connectivity index (χ4n) is 3.49. The van der Waals surface area contributed by atoms with Gasteiger partial charge in [-0.2, -0.15) is 0 Å². The summed E-state index contributed by atoms with van der Waals surface area (Å²) in [6.07, 6.45) is 7.80. The van der Waals surface area contributed by atoms with Crippen molar-refractivity contribution < 1.29 is 9.18 Å². The summed E-state index contributed by atoms with van der Waals surface area (Å²) in [6, 6.07) is 6.87. The van der Waals surface area contributed by atoms with E-state index in [1.807, 2.05) is 11.9 Å². The highest BCUT2D eigenvalue weighted by atomic mass is 19.1. The van der Waals surface area contributed by atoms with E-state index in [-0.39, 0.29) is 17.1 Å². The van der Waals surface area contributed by atoms with Crippen molar-refractivity contribution in [2.24, 2.45) is 0 Å². The molecule has 0 unspecified atom stereocenters. The van der Waals surface area contributed by atoms with E-state index >= 15 is 0 Å². The van der Waals surface area contributed by atoms with Gasteiger partial charge in [-0.05, 0) is 43.4 Å². The summed E-state index contributed by atoms with van der Waals surface area (Å²) in [7, 11) is 1.95. The maximum Gasteiger partial charge on any atom is 0.233 e. The predicted molar refractivity (Wildman–Crippen MR) is 77.0 cm³/mol. The summed E-state index contributed by atoms with van der Waals surface area (Å²) in [5.41, 5.74) is 0.617. The minimum absolute atomic E-state index is 0.232. The quantitative estimate of drug-likeness (QED) is 0.824. The SMILES string of the molecule is CN(C(=O)C1(c2ccc(F)cc2)CC1)C1CCCCC1. The molecular formula is C17H22FNO. The molecule has 0 radical (unpaired) electrons. The Morgan fingerprint density at radius 1 is 1.15 bits per heavy atom. The molecule has 2 aliphatic carbocycles. The standard InChI is InChI=1S/C17H22FNO/c1-19(15-5-3-2-4-6-15)16(20)17(11-12-17)13-7-9-14(18)10-8-13/h7-10,15H,2-6,11-12H2,1H3. The van der Waals surface area contributed by atoms with Crippen molar-refractivity contribution in [3.8, 4) is 0 Å². The Morgan fingerprint density at radius 2 is 1.75 bits per heavy atom. The van der Waals surface area contributed by atoms with Crippen LogP contribution >= 0.6 is 0 Å². The maximum absolute atomic E-state index is 13.1. The van der Waals surface area contributed by atoms with Crippen LogP contribution in [0.15, 0.2) is 24.3 Å². The number of carbonyl (C=O) groups excluding carboxylic acids is 1. The molecule has 1 aromatic rings. The summed E-state index contributed by atoms with van der Waals surface area (Å²) >= 11 is 0. The van der Waals surface area contributed by atoms with Crippen molar-refractivity contribution in [3.63, 3.8) is 0 Å². The van der Waals surface area contributed by atoms with Crippen LogP contribution in [0.1, 0.15) is 50.5 Å². The molecule has 0 bridgehead atoms. The van der Waals surface area contributed by atoms with E-state index in [4.69, 9.17) is 0 Å². The molecule has 3 heteroatoms. The van der Waals surface area contributed by atoms with Gasteiger partial charge in [0.2, 0.25) is 5.91 Å². The summed E-state index contributed by atoms with van der Waals surface area (Å²) in [4.78, 5) is 14.8. The lowest BCUT2D eigenvalue weighted by Crippen LogP contribution is -2.43. The van der Waals surface area contributed by atoms with Crippen LogP contribution in [0.3, 0.4) is 0 Å². The molecule has 0 N–H and O–H groups in total. The van der Waals surface area contributed by atoms with Gasteiger partial charge in [-0.15, -0.1) is 0 Å². The molecular weight excluding hydrogens is 253 g/mol. The van der Waals surface area contributed by atoms with Crippen molar-refractivity contribution in [2.45, 2.75) is 56.4 Å². The molecule has 108 valence electrons. The van der Waals surface area contributed by atoms with Gasteiger partial charge in [-0.1, -0.05) is 31.4 Å². The average Bonchev–Trinajstić information content (AvgIpc) is 3.29. The molecule has 0 aliphatic heterocycles. The van der Waals surface area contributed by atoms with Crippen molar-refractivity contribution >= 4 is 5.91 Å². The van der Waals surface area contributed by atoms with Gasteiger partial charge in [0.1, 0.15) is 5.82 Å². The molecule has 2 nitrogen and oxygen atoms in total. The van der Waals surface area contributed by atoms with E-state index in [9.17, 15) is 9.18 Å². The number of likely N-dealkylation sites (N-methyl/N-ethyl adjacent to an activating group) is 1. The molecule has 0 heterocycles. The normalized spacial score (nSPS) is 21.5. The number of amides is 1. The van der Waals surface area contributed by atoms with Gasteiger partial charge < -0.3 is 4.90 Å². The number of nitrogens with zero attached hydrogens (tertiary/aromatic N) is 1. The number of hydrogen-bond acceptors (Lipinski definition) is 1. The van der Waals surface area contributed by atoms with Crippen LogP contribution < -0.4 is 0 Å². The van der Waals surface area contributed by atoms with Crippen molar-refractivity contribution in [3.05, 3.63) is 35.6 Å². The Balaban J connectivity index is 1.77. The molecule has 2 aliphatic rings. The highest BCUT2D eigenvalue weighted by molar-refractivity contribution is 5.91. The van der Waals surface area contributed by atoms with Gasteiger partial charge in [0, 0.05) is 13.1 Å². The van der Waals surface area contributed by atoms with Crippen molar-refractivity contribution in [2.75, 3.05) is 7.05 Å². The molecule has 0 atom stereocenters. The largest absolute Gasteiger partial charge is 0.342 e. The zero-order chi connectivity index (χ0) is 14.2. The smallest absolute Gasteiger partial charge is 0.233 e. The Bertz CT molecular complexity index is 486. The monoisotopic (exact) mass is 275 g/mol. The molecule has 20 heavy (non-hydrogen) atoms. The van der Waals surface area contributed by atoms with Gasteiger partial charge in [-0.25, -0.2) is 4.39 Å². The first-order chi connectivity index (χ1) is 9.63. The number of carbonyl (C=O) groups is 1. The van der Waals surface area contributed by atoms with Crippen LogP contribution in [-0.2, 0) is 10.2 Å². The first-order valence-electron chi connectivity index (χ1n) is 7.67. The Labute approximate surface area is 120 Å². The average molecular weight is 275 g/mol. The van der Waals surface area contributed by atoms with Gasteiger partial charge >= 0.3 is 0 Å². The van der Waals surface area contributed by atoms with E-state index in [2.05, 4.69) is 0 Å². The molecule has 3 rings (SSSR count). The fraction of sp³-hybridized carbons (Fsp3) is 0.588. The van der Waals surface area contributed by atoms with Crippen LogP contribution in [0.25, 0.3) is 0 Å². The summed E-state index contributed by atoms with van der Waals surface area (Å²) in [5, 5.41) is 0. The Hall–Kier alpha value is -1.38. The molecule has 2 saturated carbocycles. The Kier molecular flexibility index (Phi) is 3.53. The third-order valence-corrected chi connectivity index (χ3v) is 5.00. The Morgan fingerprint density at radius 3 is 2.30 bits per heavy atom. The van der Waals surface area contributed by atoms with Crippen LogP contribution in [0.2, 0.25) is 0 Å². The second-order valence-corrected chi connectivity index (χ2v) is 6.30. The van der Waals surface area contributed by atoms with E-state index in [0.717, 1.165) is 31.2 Å². The predicted octanol–water partition coefficient (Wildman–Crippen LogP) is 3.65. The lowest BCUT2D eigenvalue weighted by atomic mass is 9.90. The first kappa shape index (κ1) is 13.6. The summed E-state index contributed by atoms with van der Waals surface area (Å²) < 4.78 is 13.1. The number of halogens is 1. The van der Waals surface area contributed by atoms with Gasteiger partial charge in [0.05, 0.1) is 5.41 Å². The third kappa shape index (κ3) is 2.34. The van der Waals surface area contributed by atoms with Gasteiger partial charge in [-0.3, -0.25) is 4.79 Å². The highest BCUT2D eigenvalue weighted by Gasteiger charge is 2.53. The number of benzene rings is 1. The van der Waals surface area contributed by atoms with Crippen LogP contribution in [0.5, 0.6) is 0 Å². The van der Waals surface area contributed by atoms with E-state index < -0.39 is 0 Å². The zero-order valence-electron chi connectivity index (χ0n) is 12.1. The summed E-state index contributed by atoms with van der Waals surface area (Å²) in [5.74, 6) is -0.00589. The van der Waals surface area contributed by atoms with E-state index in [1.54, 1.807) is 12.1 Å². The van der Waals surface area contributed by atoms with E-state index in [0.29, 0.717) is 6.04 Å². The third-order valence-electron chi connectivity index (χ3n) is 5.00. The second kappa shape index (κ2) is 5.19. The highest BCUT2D eigenvalue weighted by Crippen LogP contribution is 2.50. The number of rotatable bonds is 3. The van der Waals surface area contributed by atoms with Gasteiger partial charge in [0.25, 0.3) is 0 Å². The molecule has 0 saturated heterocycles. The molecule has 2 fully saturated rings. The first-order valence-corrected chi connectivity index (χ1v) is 7.67. The summed E-state index contributed by atoms with van der Waals surface area (Å²) in [6.45, 7) is 0. The van der Waals surface area contributed by atoms with Gasteiger partial charge in [0.15, 0.2) is 0 Å². The van der Waals surface area contributed by atoms with Crippen molar-refractivity contribution in [1.82, 2.24) is 4.90 Å². The number of hydrogen-bond donors (Lipinski definition) is 0. The second-order valence-electron chi connectivity index (χ2n) is 6.30. The van der Waals surface area contributed by atoms with Crippen molar-refractivity contribution in [1.29, 1.82) is 0 Å². The lowest BCUT2D eigenvalue weighted by Gasteiger charge is -2.34. The molecule has 1 aromatic carbocycles. The lowest BCUT2D eigenvalue weighted by molar-refractivity contribution is -0.135. The minimum atomic E-state index is -0.361. The zero-order valence-corrected chi connectivity index (χ0v) is 12.1. The van der Waals surface area contributed by atoms with E-state index in [1.165, 1.54) is 31.4 Å². The van der Waals surface area contributed by atoms with Crippen LogP contribution in [0, 0.1) is 5.82 Å². The molecule has 1 amide bonds. The van der Waals surface area contributed by atoms with Crippen LogP contribution in [0.4, 0.5) is 4.39 Å². The maximum atomic E-state index is 13.1.